The van der Waals surface area contributed by atoms with E-state index in [2.05, 4.69) is 29.3 Å². The number of nitrogens with one attached hydrogen (secondary N) is 1. The number of nitrogens with zero attached hydrogens (tertiary/aromatic N) is 4. The van der Waals surface area contributed by atoms with Crippen molar-refractivity contribution in [3.8, 4) is 0 Å². The highest BCUT2D eigenvalue weighted by Crippen LogP contribution is 2.39. The van der Waals surface area contributed by atoms with Crippen LogP contribution in [0.1, 0.15) is 103 Å². The molecule has 0 bridgehead atoms. The Morgan fingerprint density at radius 3 is 1.96 bits per heavy atom. The summed E-state index contributed by atoms with van der Waals surface area (Å²) in [5.41, 5.74) is 10.2. The van der Waals surface area contributed by atoms with Crippen molar-refractivity contribution in [2.24, 2.45) is 33.7 Å². The molecule has 280 valence electrons. The summed E-state index contributed by atoms with van der Waals surface area (Å²) in [4.78, 5) is 68.5. The van der Waals surface area contributed by atoms with Crippen LogP contribution in [-0.4, -0.2) is 86.5 Å². The second-order valence-corrected chi connectivity index (χ2v) is 16.5. The number of ketones is 2. The molecule has 1 aromatic heterocycles. The van der Waals surface area contributed by atoms with Gasteiger partial charge in [0.25, 0.3) is 0 Å². The highest BCUT2D eigenvalue weighted by Gasteiger charge is 2.40. The second-order valence-electron chi connectivity index (χ2n) is 16.5. The van der Waals surface area contributed by atoms with Crippen LogP contribution in [0.2, 0.25) is 0 Å². The van der Waals surface area contributed by atoms with Crippen LogP contribution >= 0.6 is 0 Å². The van der Waals surface area contributed by atoms with Crippen LogP contribution in [0.5, 0.6) is 0 Å². The number of aromatic amines is 1. The van der Waals surface area contributed by atoms with Crippen molar-refractivity contribution >= 4 is 57.4 Å². The highest BCUT2D eigenvalue weighted by atomic mass is 16.3. The summed E-state index contributed by atoms with van der Waals surface area (Å²) in [6.07, 6.45) is 12.4. The fourth-order valence-corrected chi connectivity index (χ4v) is 9.03. The largest absolute Gasteiger partial charge is 0.389 e. The molecule has 10 heteroatoms. The lowest BCUT2D eigenvalue weighted by molar-refractivity contribution is -0.140. The lowest BCUT2D eigenvalue weighted by Crippen LogP contribution is -2.45. The van der Waals surface area contributed by atoms with Gasteiger partial charge in [0.1, 0.15) is 12.4 Å². The molecule has 1 aromatic carbocycles. The van der Waals surface area contributed by atoms with E-state index in [1.54, 1.807) is 6.92 Å². The van der Waals surface area contributed by atoms with Gasteiger partial charge in [-0.15, -0.1) is 0 Å². The quantitative estimate of drug-likeness (QED) is 0.245. The first-order chi connectivity index (χ1) is 25.4. The number of rotatable bonds is 13. The molecule has 10 nitrogen and oxygen atoms in total. The summed E-state index contributed by atoms with van der Waals surface area (Å²) in [6.45, 7) is 10.4. The normalized spacial score (nSPS) is 22.3. The summed E-state index contributed by atoms with van der Waals surface area (Å²) in [5.74, 6) is -0.779. The number of carbonyl (C=O) groups excluding carboxylic acids is 4. The van der Waals surface area contributed by atoms with Crippen LogP contribution in [0, 0.1) is 23.7 Å². The van der Waals surface area contributed by atoms with Gasteiger partial charge in [-0.25, -0.2) is 0 Å². The Bertz CT molecular complexity index is 1990. The van der Waals surface area contributed by atoms with Crippen LogP contribution in [0.25, 0.3) is 22.6 Å². The van der Waals surface area contributed by atoms with E-state index in [9.17, 15) is 24.3 Å². The number of aromatic nitrogens is 1. The Morgan fingerprint density at radius 1 is 0.792 bits per heavy atom. The van der Waals surface area contributed by atoms with Crippen molar-refractivity contribution in [1.82, 2.24) is 14.8 Å². The molecule has 7 rings (SSSR count). The minimum Gasteiger partial charge on any atom is -0.389 e. The van der Waals surface area contributed by atoms with Gasteiger partial charge in [-0.2, -0.15) is 0 Å². The number of benzene rings is 1. The molecule has 0 saturated carbocycles. The zero-order chi connectivity index (χ0) is 37.6. The number of fused-ring (bicyclic) bond motifs is 2. The summed E-state index contributed by atoms with van der Waals surface area (Å²) in [7, 11) is 0. The van der Waals surface area contributed by atoms with Crippen molar-refractivity contribution in [3.05, 3.63) is 58.6 Å². The number of aliphatic imine (C=N–C) groups is 2. The molecule has 1 aliphatic carbocycles. The van der Waals surface area contributed by atoms with Gasteiger partial charge in [0.2, 0.25) is 11.8 Å². The SMILES string of the molecule is CC(=O)CC(C(=O)N1CCCC1C1=NC=C(c2cc3cc4c(cc3[nH]2)C=C(C2=CN=C(C3CCCN3C(=O)C(CC(=O)CO)C(C)C)C2)C4)C1)C(C)C. The molecule has 2 fully saturated rings. The molecule has 2 amide bonds. The number of aliphatic hydroxyl groups is 1. The van der Waals surface area contributed by atoms with Gasteiger partial charge in [-0.05, 0) is 96.9 Å². The van der Waals surface area contributed by atoms with Crippen molar-refractivity contribution in [1.29, 1.82) is 0 Å². The molecule has 53 heavy (non-hydrogen) atoms. The number of H-pyrrole nitrogens is 1. The molecule has 4 atom stereocenters. The van der Waals surface area contributed by atoms with Crippen molar-refractivity contribution in [2.45, 2.75) is 104 Å². The first kappa shape index (κ1) is 36.9. The maximum Gasteiger partial charge on any atom is 0.226 e. The van der Waals surface area contributed by atoms with Crippen LogP contribution in [0.15, 0.2) is 51.7 Å². The third kappa shape index (κ3) is 7.39. The predicted molar refractivity (Wildman–Crippen MR) is 208 cm³/mol. The van der Waals surface area contributed by atoms with Gasteiger partial charge < -0.3 is 24.7 Å². The van der Waals surface area contributed by atoms with E-state index in [1.807, 2.05) is 49.9 Å². The van der Waals surface area contributed by atoms with E-state index in [-0.39, 0.29) is 66.1 Å². The topological polar surface area (TPSA) is 135 Å². The van der Waals surface area contributed by atoms with Crippen LogP contribution in [0.4, 0.5) is 0 Å². The Labute approximate surface area is 312 Å². The maximum absolute atomic E-state index is 13.6. The fraction of sp³-hybridized carbons (Fsp3) is 0.535. The zero-order valence-electron chi connectivity index (χ0n) is 31.8. The fourth-order valence-electron chi connectivity index (χ4n) is 9.03. The molecule has 2 saturated heterocycles. The molecule has 2 N–H and O–H groups in total. The standard InChI is InChI=1S/C43H53N5O5/c1-24(2)34(12-26(5)50)42(52)47-10-7-9-41(47)39-19-32(22-45-39)37-17-30-15-27-13-28(14-29(27)16-36(30)46-37)31-18-38(44-21-31)40-8-6-11-48(40)43(53)35(25(3)4)20-33(51)23-49/h14-17,21-22,24-25,34-35,40-41,46,49H,6-13,18-20,23H2,1-5H3. The van der Waals surface area contributed by atoms with Crippen molar-refractivity contribution < 1.29 is 24.3 Å². The number of aliphatic hydroxyl groups excluding tert-OH is 1. The van der Waals surface area contributed by atoms with E-state index >= 15 is 0 Å². The van der Waals surface area contributed by atoms with Crippen LogP contribution in [0.3, 0.4) is 0 Å². The highest BCUT2D eigenvalue weighted by molar-refractivity contribution is 6.04. The van der Waals surface area contributed by atoms with Crippen LogP contribution in [-0.2, 0) is 25.6 Å². The Kier molecular flexibility index (Phi) is 10.5. The molecular formula is C43H53N5O5. The van der Waals surface area contributed by atoms with E-state index in [0.717, 1.165) is 65.7 Å². The summed E-state index contributed by atoms with van der Waals surface area (Å²) in [5, 5.41) is 10.5. The number of amides is 2. The van der Waals surface area contributed by atoms with E-state index < -0.39 is 12.5 Å². The molecule has 4 aliphatic heterocycles. The number of hydrogen-bond donors (Lipinski definition) is 2. The minimum atomic E-state index is -0.532. The van der Waals surface area contributed by atoms with Crippen LogP contribution < -0.4 is 0 Å². The molecular weight excluding hydrogens is 667 g/mol. The average molecular weight is 720 g/mol. The number of hydrogen-bond acceptors (Lipinski definition) is 7. The molecule has 0 spiro atoms. The predicted octanol–water partition coefficient (Wildman–Crippen LogP) is 6.48. The van der Waals surface area contributed by atoms with E-state index in [1.165, 1.54) is 22.3 Å². The molecule has 4 unspecified atom stereocenters. The first-order valence-electron chi connectivity index (χ1n) is 19.5. The van der Waals surface area contributed by atoms with Gasteiger partial charge >= 0.3 is 0 Å². The monoisotopic (exact) mass is 719 g/mol. The average Bonchev–Trinajstić information content (AvgIpc) is 3.96. The minimum absolute atomic E-state index is 0.00457. The third-order valence-corrected chi connectivity index (χ3v) is 12.1. The van der Waals surface area contributed by atoms with Crippen molar-refractivity contribution in [3.63, 3.8) is 0 Å². The molecule has 0 radical (unpaired) electrons. The number of likely N-dealkylation sites (tertiary alicyclic amines) is 2. The number of Topliss-reactive ketones (excluding diaryl/α,β-unsaturated/α-hetero) is 2. The van der Waals surface area contributed by atoms with Crippen molar-refractivity contribution in [2.75, 3.05) is 19.7 Å². The van der Waals surface area contributed by atoms with Gasteiger partial charge in [-0.3, -0.25) is 24.4 Å². The zero-order valence-corrected chi connectivity index (χ0v) is 31.8. The number of carbonyl (C=O) groups is 4. The Balaban J connectivity index is 0.989. The maximum atomic E-state index is 13.6. The van der Waals surface area contributed by atoms with Gasteiger partial charge in [-0.1, -0.05) is 33.8 Å². The Hall–Kier alpha value is -4.44. The summed E-state index contributed by atoms with van der Waals surface area (Å²) in [6, 6.07) is 6.63. The smallest absolute Gasteiger partial charge is 0.226 e. The summed E-state index contributed by atoms with van der Waals surface area (Å²) < 4.78 is 0. The van der Waals surface area contributed by atoms with E-state index in [4.69, 9.17) is 9.98 Å². The van der Waals surface area contributed by atoms with E-state index in [0.29, 0.717) is 25.9 Å². The number of allylic oxidation sites excluding steroid dienone is 3. The molecule has 5 heterocycles. The van der Waals surface area contributed by atoms with Gasteiger partial charge in [0.05, 0.1) is 12.1 Å². The van der Waals surface area contributed by atoms with Gasteiger partial charge in [0, 0.05) is 91.0 Å². The third-order valence-electron chi connectivity index (χ3n) is 12.1. The molecule has 2 aromatic rings. The second kappa shape index (κ2) is 15.1. The Morgan fingerprint density at radius 2 is 1.38 bits per heavy atom. The lowest BCUT2D eigenvalue weighted by Gasteiger charge is -2.30. The first-order valence-corrected chi connectivity index (χ1v) is 19.5. The molecule has 5 aliphatic rings. The van der Waals surface area contributed by atoms with Gasteiger partial charge in [0.15, 0.2) is 5.78 Å². The lowest BCUT2D eigenvalue weighted by atomic mass is 9.88. The summed E-state index contributed by atoms with van der Waals surface area (Å²) >= 11 is 0.